The minimum absolute atomic E-state index is 0.0476. The molecular weight excluding hydrogens is 428 g/mol. The van der Waals surface area contributed by atoms with Crippen LogP contribution in [0.15, 0.2) is 54.6 Å². The van der Waals surface area contributed by atoms with Crippen molar-refractivity contribution in [3.05, 3.63) is 60.2 Å². The zero-order chi connectivity index (χ0) is 22.4. The number of ether oxygens (including phenoxy) is 2. The van der Waals surface area contributed by atoms with E-state index in [-0.39, 0.29) is 23.7 Å². The molecule has 1 fully saturated rings. The zero-order valence-electron chi connectivity index (χ0n) is 18.1. The molecule has 1 saturated heterocycles. The third kappa shape index (κ3) is 5.81. The van der Waals surface area contributed by atoms with Gasteiger partial charge in [0.05, 0.1) is 12.3 Å². The van der Waals surface area contributed by atoms with Crippen molar-refractivity contribution in [3.8, 4) is 11.5 Å². The van der Waals surface area contributed by atoms with Crippen LogP contribution in [0.2, 0.25) is 0 Å². The van der Waals surface area contributed by atoms with Gasteiger partial charge in [0.2, 0.25) is 15.9 Å². The molecule has 0 aliphatic carbocycles. The van der Waals surface area contributed by atoms with Crippen LogP contribution >= 0.6 is 0 Å². The lowest BCUT2D eigenvalue weighted by Crippen LogP contribution is -2.46. The Morgan fingerprint density at radius 3 is 2.44 bits per heavy atom. The van der Waals surface area contributed by atoms with Crippen LogP contribution in [0, 0.1) is 5.92 Å². The smallest absolute Gasteiger partial charge is 0.223 e. The summed E-state index contributed by atoms with van der Waals surface area (Å²) < 4.78 is 38.4. The number of para-hydroxylation sites is 2. The van der Waals surface area contributed by atoms with Crippen LogP contribution in [0.4, 0.5) is 0 Å². The number of carbonyl (C=O) groups excluding carboxylic acids is 1. The highest BCUT2D eigenvalue weighted by Gasteiger charge is 2.31. The largest absolute Gasteiger partial charge is 0.486 e. The lowest BCUT2D eigenvalue weighted by Gasteiger charge is -2.31. The number of piperidine rings is 1. The van der Waals surface area contributed by atoms with Crippen LogP contribution < -0.4 is 14.8 Å². The summed E-state index contributed by atoms with van der Waals surface area (Å²) in [6, 6.07) is 17.4. The number of hydrogen-bond acceptors (Lipinski definition) is 5. The highest BCUT2D eigenvalue weighted by Crippen LogP contribution is 2.30. The molecule has 1 N–H and O–H groups in total. The maximum atomic E-state index is 12.7. The first kappa shape index (κ1) is 22.6. The highest BCUT2D eigenvalue weighted by molar-refractivity contribution is 7.89. The average Bonchev–Trinajstić information content (AvgIpc) is 2.83. The van der Waals surface area contributed by atoms with Crippen molar-refractivity contribution in [2.75, 3.05) is 32.0 Å². The maximum Gasteiger partial charge on any atom is 0.223 e. The van der Waals surface area contributed by atoms with E-state index in [1.807, 2.05) is 54.6 Å². The lowest BCUT2D eigenvalue weighted by molar-refractivity contribution is -0.126. The Hall–Kier alpha value is -2.58. The Bertz CT molecular complexity index is 1000. The summed E-state index contributed by atoms with van der Waals surface area (Å²) in [6.07, 6.45) is 2.18. The first-order chi connectivity index (χ1) is 15.5. The highest BCUT2D eigenvalue weighted by atomic mass is 32.2. The van der Waals surface area contributed by atoms with Gasteiger partial charge in [-0.05, 0) is 43.4 Å². The van der Waals surface area contributed by atoms with Gasteiger partial charge in [-0.2, -0.15) is 0 Å². The summed E-state index contributed by atoms with van der Waals surface area (Å²) in [6.45, 7) is 1.53. The molecule has 2 aliphatic heterocycles. The molecule has 1 amide bonds. The fraction of sp³-hybridized carbons (Fsp3) is 0.458. The van der Waals surface area contributed by atoms with Crippen molar-refractivity contribution in [3.63, 3.8) is 0 Å². The Morgan fingerprint density at radius 2 is 1.69 bits per heavy atom. The van der Waals surface area contributed by atoms with Gasteiger partial charge >= 0.3 is 0 Å². The molecule has 0 aromatic heterocycles. The number of aryl methyl sites for hydroxylation is 1. The number of fused-ring (bicyclic) bond motifs is 1. The SMILES string of the molecule is O=C(NCC1COc2ccccc2O1)C1CCN(S(=O)(=O)CCCc2ccccc2)CC1. The molecule has 8 heteroatoms. The minimum Gasteiger partial charge on any atom is -0.486 e. The molecule has 4 rings (SSSR count). The van der Waals surface area contributed by atoms with Crippen LogP contribution in [-0.4, -0.2) is 56.7 Å². The number of hydrogen-bond donors (Lipinski definition) is 1. The number of amides is 1. The minimum atomic E-state index is -3.30. The third-order valence-corrected chi connectivity index (χ3v) is 7.96. The van der Waals surface area contributed by atoms with E-state index < -0.39 is 10.0 Å². The van der Waals surface area contributed by atoms with Crippen molar-refractivity contribution >= 4 is 15.9 Å². The molecule has 1 atom stereocenters. The average molecular weight is 459 g/mol. The summed E-state index contributed by atoms with van der Waals surface area (Å²) in [5, 5.41) is 2.95. The van der Waals surface area contributed by atoms with E-state index >= 15 is 0 Å². The summed E-state index contributed by atoms with van der Waals surface area (Å²) in [5.41, 5.74) is 1.15. The summed E-state index contributed by atoms with van der Waals surface area (Å²) in [7, 11) is -3.30. The summed E-state index contributed by atoms with van der Waals surface area (Å²) >= 11 is 0. The molecule has 0 bridgehead atoms. The van der Waals surface area contributed by atoms with Crippen molar-refractivity contribution < 1.29 is 22.7 Å². The van der Waals surface area contributed by atoms with Crippen molar-refractivity contribution in [1.29, 1.82) is 0 Å². The van der Waals surface area contributed by atoms with E-state index in [9.17, 15) is 13.2 Å². The number of nitrogens with zero attached hydrogens (tertiary/aromatic N) is 1. The van der Waals surface area contributed by atoms with E-state index in [0.29, 0.717) is 57.0 Å². The van der Waals surface area contributed by atoms with Crippen molar-refractivity contribution in [1.82, 2.24) is 9.62 Å². The normalized spacial score (nSPS) is 19.4. The number of benzene rings is 2. The van der Waals surface area contributed by atoms with E-state index in [1.165, 1.54) is 4.31 Å². The fourth-order valence-electron chi connectivity index (χ4n) is 4.15. The second-order valence-corrected chi connectivity index (χ2v) is 10.4. The third-order valence-electron chi connectivity index (χ3n) is 6.00. The molecule has 0 saturated carbocycles. The van der Waals surface area contributed by atoms with Crippen LogP contribution in [0.25, 0.3) is 0 Å². The Balaban J connectivity index is 1.18. The van der Waals surface area contributed by atoms with Gasteiger partial charge in [0, 0.05) is 19.0 Å². The monoisotopic (exact) mass is 458 g/mol. The molecule has 1 unspecified atom stereocenters. The lowest BCUT2D eigenvalue weighted by atomic mass is 9.97. The standard InChI is InChI=1S/C24H30N2O5S/c27-24(25-17-21-18-30-22-10-4-5-11-23(22)31-21)20-12-14-26(15-13-20)32(28,29)16-6-9-19-7-2-1-3-8-19/h1-5,7-8,10-11,20-21H,6,9,12-18H2,(H,25,27). The van der Waals surface area contributed by atoms with E-state index in [0.717, 1.165) is 12.0 Å². The van der Waals surface area contributed by atoms with Gasteiger partial charge in [-0.1, -0.05) is 42.5 Å². The van der Waals surface area contributed by atoms with Crippen LogP contribution in [0.5, 0.6) is 11.5 Å². The predicted octanol–water partition coefficient (Wildman–Crippen LogP) is 2.62. The Kier molecular flexibility index (Phi) is 7.32. The molecule has 172 valence electrons. The van der Waals surface area contributed by atoms with Gasteiger partial charge in [0.15, 0.2) is 11.5 Å². The molecule has 2 heterocycles. The van der Waals surface area contributed by atoms with E-state index in [2.05, 4.69) is 5.32 Å². The molecule has 32 heavy (non-hydrogen) atoms. The van der Waals surface area contributed by atoms with Gasteiger partial charge in [0.25, 0.3) is 0 Å². The van der Waals surface area contributed by atoms with Gasteiger partial charge < -0.3 is 14.8 Å². The van der Waals surface area contributed by atoms with Gasteiger partial charge in [0.1, 0.15) is 12.7 Å². The molecular formula is C24H30N2O5S. The van der Waals surface area contributed by atoms with Crippen molar-refractivity contribution in [2.45, 2.75) is 31.8 Å². The van der Waals surface area contributed by atoms with E-state index in [4.69, 9.17) is 9.47 Å². The molecule has 2 aliphatic rings. The Labute approximate surface area is 189 Å². The number of sulfonamides is 1. The predicted molar refractivity (Wildman–Crippen MR) is 122 cm³/mol. The number of rotatable bonds is 8. The van der Waals surface area contributed by atoms with Crippen molar-refractivity contribution in [2.24, 2.45) is 5.92 Å². The second kappa shape index (κ2) is 10.4. The fourth-order valence-corrected chi connectivity index (χ4v) is 5.69. The van der Waals surface area contributed by atoms with Crippen LogP contribution in [0.1, 0.15) is 24.8 Å². The molecule has 2 aromatic carbocycles. The topological polar surface area (TPSA) is 84.9 Å². The Morgan fingerprint density at radius 1 is 1.00 bits per heavy atom. The molecule has 7 nitrogen and oxygen atoms in total. The van der Waals surface area contributed by atoms with E-state index in [1.54, 1.807) is 0 Å². The first-order valence-corrected chi connectivity index (χ1v) is 12.8. The number of nitrogens with one attached hydrogen (secondary N) is 1. The van der Waals surface area contributed by atoms with Crippen LogP contribution in [-0.2, 0) is 21.2 Å². The summed E-state index contributed by atoms with van der Waals surface area (Å²) in [4.78, 5) is 12.6. The van der Waals surface area contributed by atoms with Gasteiger partial charge in [-0.3, -0.25) is 4.79 Å². The van der Waals surface area contributed by atoms with Gasteiger partial charge in [-0.25, -0.2) is 12.7 Å². The summed E-state index contributed by atoms with van der Waals surface area (Å²) in [5.74, 6) is 1.31. The maximum absolute atomic E-state index is 12.7. The second-order valence-electron chi connectivity index (χ2n) is 8.32. The zero-order valence-corrected chi connectivity index (χ0v) is 18.9. The molecule has 0 radical (unpaired) electrons. The molecule has 2 aromatic rings. The first-order valence-electron chi connectivity index (χ1n) is 11.2. The quantitative estimate of drug-likeness (QED) is 0.657. The van der Waals surface area contributed by atoms with Crippen LogP contribution in [0.3, 0.4) is 0 Å². The number of carbonyl (C=O) groups is 1. The van der Waals surface area contributed by atoms with Gasteiger partial charge in [-0.15, -0.1) is 0 Å². The molecule has 0 spiro atoms.